The Balaban J connectivity index is 1.93. The number of thiophene rings is 1. The van der Waals surface area contributed by atoms with Crippen LogP contribution in [0.4, 0.5) is 0 Å². The van der Waals surface area contributed by atoms with Crippen LogP contribution in [-0.2, 0) is 21.2 Å². The van der Waals surface area contributed by atoms with Gasteiger partial charge >= 0.3 is 0 Å². The summed E-state index contributed by atoms with van der Waals surface area (Å²) >= 11 is 1.22. The van der Waals surface area contributed by atoms with Gasteiger partial charge in [0.25, 0.3) is 0 Å². The van der Waals surface area contributed by atoms with Crippen LogP contribution < -0.4 is 4.72 Å². The lowest BCUT2D eigenvalue weighted by molar-refractivity contribution is 0.173. The zero-order chi connectivity index (χ0) is 14.6. The number of methoxy groups -OCH3 is 1. The molecule has 5 nitrogen and oxygen atoms in total. The molecule has 1 aliphatic carbocycles. The lowest BCUT2D eigenvalue weighted by Crippen LogP contribution is -2.30. The van der Waals surface area contributed by atoms with Crippen LogP contribution in [0.3, 0.4) is 0 Å². The van der Waals surface area contributed by atoms with Crippen molar-refractivity contribution in [3.8, 4) is 0 Å². The standard InChI is InChI=1S/C13H21NO4S2/c1-18-9-7-13(5-6-13)10-14-20(16,17)12-3-2-11(19-12)4-8-15/h2-3,14-15H,4-10H2,1H3. The zero-order valence-electron chi connectivity index (χ0n) is 11.6. The van der Waals surface area contributed by atoms with E-state index in [2.05, 4.69) is 4.72 Å². The Morgan fingerprint density at radius 3 is 2.80 bits per heavy atom. The summed E-state index contributed by atoms with van der Waals surface area (Å²) < 4.78 is 32.5. The monoisotopic (exact) mass is 319 g/mol. The van der Waals surface area contributed by atoms with Gasteiger partial charge in [0, 0.05) is 38.2 Å². The predicted molar refractivity (Wildman–Crippen MR) is 78.5 cm³/mol. The van der Waals surface area contributed by atoms with Crippen LogP contribution >= 0.6 is 11.3 Å². The second kappa shape index (κ2) is 6.53. The lowest BCUT2D eigenvalue weighted by atomic mass is 10.0. The minimum atomic E-state index is -3.43. The van der Waals surface area contributed by atoms with Crippen molar-refractivity contribution in [2.24, 2.45) is 5.41 Å². The zero-order valence-corrected chi connectivity index (χ0v) is 13.2. The van der Waals surface area contributed by atoms with Crippen molar-refractivity contribution in [2.45, 2.75) is 29.9 Å². The maximum atomic E-state index is 12.2. The van der Waals surface area contributed by atoms with E-state index in [0.717, 1.165) is 24.1 Å². The van der Waals surface area contributed by atoms with E-state index >= 15 is 0 Å². The summed E-state index contributed by atoms with van der Waals surface area (Å²) in [5.41, 5.74) is 0.0915. The number of ether oxygens (including phenoxy) is 1. The van der Waals surface area contributed by atoms with E-state index in [1.807, 2.05) is 0 Å². The smallest absolute Gasteiger partial charge is 0.250 e. The molecule has 0 spiro atoms. The number of aliphatic hydroxyl groups excluding tert-OH is 1. The first kappa shape index (κ1) is 15.9. The van der Waals surface area contributed by atoms with Gasteiger partial charge in [-0.2, -0.15) is 0 Å². The molecule has 1 saturated carbocycles. The summed E-state index contributed by atoms with van der Waals surface area (Å²) in [7, 11) is -1.77. The maximum absolute atomic E-state index is 12.2. The summed E-state index contributed by atoms with van der Waals surface area (Å²) in [4.78, 5) is 0.883. The third kappa shape index (κ3) is 4.02. The van der Waals surface area contributed by atoms with Gasteiger partial charge in [-0.1, -0.05) is 0 Å². The topological polar surface area (TPSA) is 75.6 Å². The first-order valence-electron chi connectivity index (χ1n) is 6.69. The van der Waals surface area contributed by atoms with Crippen molar-refractivity contribution in [1.29, 1.82) is 0 Å². The van der Waals surface area contributed by atoms with Crippen molar-refractivity contribution >= 4 is 21.4 Å². The van der Waals surface area contributed by atoms with Crippen LogP contribution in [0.1, 0.15) is 24.1 Å². The number of nitrogens with one attached hydrogen (secondary N) is 1. The normalized spacial score (nSPS) is 17.3. The fourth-order valence-corrected chi connectivity index (χ4v) is 4.62. The third-order valence-corrected chi connectivity index (χ3v) is 6.73. The lowest BCUT2D eigenvalue weighted by Gasteiger charge is -2.15. The van der Waals surface area contributed by atoms with Gasteiger partial charge < -0.3 is 9.84 Å². The molecule has 1 aromatic rings. The molecule has 7 heteroatoms. The molecule has 0 amide bonds. The van der Waals surface area contributed by atoms with Crippen molar-refractivity contribution in [3.63, 3.8) is 0 Å². The molecule has 2 N–H and O–H groups in total. The highest BCUT2D eigenvalue weighted by atomic mass is 32.2. The molecule has 0 saturated heterocycles. The Morgan fingerprint density at radius 1 is 1.45 bits per heavy atom. The quantitative estimate of drug-likeness (QED) is 0.721. The molecule has 1 aliphatic rings. The van der Waals surface area contributed by atoms with Crippen LogP contribution in [0.15, 0.2) is 16.3 Å². The number of rotatable bonds is 9. The molecule has 0 radical (unpaired) electrons. The van der Waals surface area contributed by atoms with E-state index in [1.165, 1.54) is 11.3 Å². The van der Waals surface area contributed by atoms with Crippen LogP contribution in [0.25, 0.3) is 0 Å². The summed E-state index contributed by atoms with van der Waals surface area (Å²) in [5.74, 6) is 0. The molecule has 0 unspecified atom stereocenters. The fraction of sp³-hybridized carbons (Fsp3) is 0.692. The molecule has 1 aromatic heterocycles. The molecule has 0 aliphatic heterocycles. The molecule has 1 heterocycles. The predicted octanol–water partition coefficient (Wildman–Crippen LogP) is 1.38. The van der Waals surface area contributed by atoms with Crippen LogP contribution in [0, 0.1) is 5.41 Å². The van der Waals surface area contributed by atoms with Crippen molar-refractivity contribution in [1.82, 2.24) is 4.72 Å². The minimum absolute atomic E-state index is 0.0353. The third-order valence-electron chi connectivity index (χ3n) is 3.69. The molecule has 0 bridgehead atoms. The summed E-state index contributed by atoms with van der Waals surface area (Å²) in [5, 5.41) is 8.86. The number of sulfonamides is 1. The van der Waals surface area contributed by atoms with E-state index in [9.17, 15) is 8.42 Å². The highest BCUT2D eigenvalue weighted by Crippen LogP contribution is 2.48. The fourth-order valence-electron chi connectivity index (χ4n) is 2.08. The van der Waals surface area contributed by atoms with Gasteiger partial charge in [0.1, 0.15) is 4.21 Å². The van der Waals surface area contributed by atoms with Gasteiger partial charge in [-0.25, -0.2) is 13.1 Å². The van der Waals surface area contributed by atoms with Crippen LogP contribution in [0.5, 0.6) is 0 Å². The van der Waals surface area contributed by atoms with Gasteiger partial charge in [-0.05, 0) is 36.8 Å². The second-order valence-corrected chi connectivity index (χ2v) is 8.42. The van der Waals surface area contributed by atoms with Crippen LogP contribution in [0.2, 0.25) is 0 Å². The van der Waals surface area contributed by atoms with E-state index in [-0.39, 0.29) is 12.0 Å². The Hall–Kier alpha value is -0.470. The van der Waals surface area contributed by atoms with Gasteiger partial charge in [0.15, 0.2) is 0 Å². The molecule has 2 rings (SSSR count). The average Bonchev–Trinajstić information content (AvgIpc) is 3.04. The first-order valence-corrected chi connectivity index (χ1v) is 8.99. The molecule has 1 fully saturated rings. The molecule has 0 atom stereocenters. The Kier molecular flexibility index (Phi) is 5.19. The molecular formula is C13H21NO4S2. The van der Waals surface area contributed by atoms with Crippen molar-refractivity contribution < 1.29 is 18.3 Å². The average molecular weight is 319 g/mol. The molecule has 114 valence electrons. The number of hydrogen-bond acceptors (Lipinski definition) is 5. The summed E-state index contributed by atoms with van der Waals surface area (Å²) in [6.07, 6.45) is 3.50. The second-order valence-electron chi connectivity index (χ2n) is 5.26. The highest BCUT2D eigenvalue weighted by Gasteiger charge is 2.42. The SMILES string of the molecule is COCCC1(CNS(=O)(=O)c2ccc(CCO)s2)CC1. The number of aliphatic hydroxyl groups is 1. The molecule has 20 heavy (non-hydrogen) atoms. The molecular weight excluding hydrogens is 298 g/mol. The molecule has 0 aromatic carbocycles. The van der Waals surface area contributed by atoms with Gasteiger partial charge in [0.2, 0.25) is 10.0 Å². The van der Waals surface area contributed by atoms with Gasteiger partial charge in [0.05, 0.1) is 0 Å². The van der Waals surface area contributed by atoms with E-state index in [0.29, 0.717) is 23.8 Å². The highest BCUT2D eigenvalue weighted by molar-refractivity contribution is 7.91. The van der Waals surface area contributed by atoms with E-state index in [4.69, 9.17) is 9.84 Å². The number of hydrogen-bond donors (Lipinski definition) is 2. The first-order chi connectivity index (χ1) is 9.51. The Bertz CT molecular complexity index is 534. The minimum Gasteiger partial charge on any atom is -0.396 e. The van der Waals surface area contributed by atoms with Crippen LogP contribution in [-0.4, -0.2) is 40.4 Å². The van der Waals surface area contributed by atoms with Crippen molar-refractivity contribution in [3.05, 3.63) is 17.0 Å². The summed E-state index contributed by atoms with van der Waals surface area (Å²) in [6.45, 7) is 1.18. The van der Waals surface area contributed by atoms with E-state index in [1.54, 1.807) is 19.2 Å². The maximum Gasteiger partial charge on any atom is 0.250 e. The van der Waals surface area contributed by atoms with E-state index < -0.39 is 10.0 Å². The van der Waals surface area contributed by atoms with Crippen molar-refractivity contribution in [2.75, 3.05) is 26.9 Å². The van der Waals surface area contributed by atoms with Gasteiger partial charge in [-0.15, -0.1) is 11.3 Å². The Labute approximate surface area is 124 Å². The largest absolute Gasteiger partial charge is 0.396 e. The van der Waals surface area contributed by atoms with Gasteiger partial charge in [-0.3, -0.25) is 0 Å². The Morgan fingerprint density at radius 2 is 2.20 bits per heavy atom. The summed E-state index contributed by atoms with van der Waals surface area (Å²) in [6, 6.07) is 3.36.